The first-order valence-corrected chi connectivity index (χ1v) is 16.5. The number of rotatable bonds is 3. The molecule has 224 valence electrons. The van der Waals surface area contributed by atoms with Gasteiger partial charge in [0.05, 0.1) is 5.48 Å². The van der Waals surface area contributed by atoms with Crippen molar-refractivity contribution in [1.29, 1.82) is 0 Å². The molecule has 0 heterocycles. The molecule has 0 aromatic heterocycles. The van der Waals surface area contributed by atoms with E-state index in [4.69, 9.17) is 0 Å². The van der Waals surface area contributed by atoms with Gasteiger partial charge >= 0.3 is 0 Å². The molecule has 0 N–H and O–H groups in total. The summed E-state index contributed by atoms with van der Waals surface area (Å²) in [5.41, 5.74) is 7.36. The lowest BCUT2D eigenvalue weighted by Gasteiger charge is -2.28. The van der Waals surface area contributed by atoms with E-state index in [2.05, 4.69) is 116 Å². The van der Waals surface area contributed by atoms with Crippen LogP contribution in [0, 0.1) is 0 Å². The first-order valence-electron chi connectivity index (χ1n) is 18.5. The van der Waals surface area contributed by atoms with Crippen molar-refractivity contribution in [3.8, 4) is 33.4 Å². The predicted octanol–water partition coefficient (Wildman–Crippen LogP) is 13.0. The lowest BCUT2D eigenvalue weighted by Crippen LogP contribution is -2.22. The molecule has 0 saturated carbocycles. The van der Waals surface area contributed by atoms with Crippen molar-refractivity contribution in [2.75, 3.05) is 0 Å². The highest BCUT2D eigenvalue weighted by atomic mass is 14.4. The summed E-state index contributed by atoms with van der Waals surface area (Å²) in [6.07, 6.45) is 0. The molecular formula is C48H32. The van der Waals surface area contributed by atoms with Crippen LogP contribution in [0.3, 0.4) is 0 Å². The van der Waals surface area contributed by atoms with Gasteiger partial charge in [-0.15, -0.1) is 0 Å². The van der Waals surface area contributed by atoms with Crippen LogP contribution in [-0.4, -0.2) is 0 Å². The molecule has 1 atom stereocenters. The van der Waals surface area contributed by atoms with Gasteiger partial charge in [-0.25, -0.2) is 0 Å². The smallest absolute Gasteiger partial charge is 0.0622 e. The molecule has 0 heteroatoms. The third-order valence-electron chi connectivity index (χ3n) is 10.6. The van der Waals surface area contributed by atoms with Gasteiger partial charge in [0, 0.05) is 5.41 Å². The summed E-state index contributed by atoms with van der Waals surface area (Å²) in [6, 6.07) is 52.1. The van der Waals surface area contributed by atoms with Gasteiger partial charge in [-0.2, -0.15) is 0 Å². The third kappa shape index (κ3) is 3.84. The fourth-order valence-corrected chi connectivity index (χ4v) is 8.21. The van der Waals surface area contributed by atoms with E-state index in [0.29, 0.717) is 16.7 Å². The van der Waals surface area contributed by atoms with E-state index in [9.17, 15) is 5.48 Å². The molecule has 1 unspecified atom stereocenters. The van der Waals surface area contributed by atoms with Crippen LogP contribution in [0.1, 0.15) is 29.1 Å². The summed E-state index contributed by atoms with van der Waals surface area (Å²) < 4.78 is 38.1. The molecule has 0 spiro atoms. The van der Waals surface area contributed by atoms with E-state index in [1.54, 1.807) is 0 Å². The average Bonchev–Trinajstić information content (AvgIpc) is 3.45. The zero-order valence-corrected chi connectivity index (χ0v) is 26.4. The van der Waals surface area contributed by atoms with Crippen molar-refractivity contribution >= 4 is 43.1 Å². The zero-order chi connectivity index (χ0) is 35.3. The zero-order valence-electron chi connectivity index (χ0n) is 30.4. The number of hydrogen-bond acceptors (Lipinski definition) is 0. The highest BCUT2D eigenvalue weighted by Gasteiger charge is 2.41. The number of benzene rings is 9. The SMILES string of the molecule is [2H]c1c([2H])c(-c2c3ccccc3cc3c2ccc2ccccc23)c([2H])c([2H])c1-c1ccc2c(c1)C(C)(c1ccccc1)c1ccc3ccccc3c1-2. The van der Waals surface area contributed by atoms with Crippen molar-refractivity contribution in [3.05, 3.63) is 193 Å². The van der Waals surface area contributed by atoms with Crippen LogP contribution >= 0.6 is 0 Å². The van der Waals surface area contributed by atoms with E-state index in [1.165, 1.54) is 21.9 Å². The molecule has 0 fully saturated rings. The van der Waals surface area contributed by atoms with Crippen molar-refractivity contribution < 1.29 is 5.48 Å². The molecule has 9 aromatic rings. The first kappa shape index (κ1) is 23.4. The van der Waals surface area contributed by atoms with Gasteiger partial charge in [0.2, 0.25) is 0 Å². The van der Waals surface area contributed by atoms with E-state index >= 15 is 0 Å². The van der Waals surface area contributed by atoms with Crippen LogP contribution in [-0.2, 0) is 5.41 Å². The molecule has 1 aliphatic rings. The number of hydrogen-bond donors (Lipinski definition) is 0. The predicted molar refractivity (Wildman–Crippen MR) is 205 cm³/mol. The van der Waals surface area contributed by atoms with Gasteiger partial charge in [0.25, 0.3) is 0 Å². The Morgan fingerprint density at radius 2 is 1.00 bits per heavy atom. The minimum Gasteiger partial charge on any atom is -0.0622 e. The summed E-state index contributed by atoms with van der Waals surface area (Å²) in [5.74, 6) is 0. The minimum atomic E-state index is -0.492. The molecule has 48 heavy (non-hydrogen) atoms. The fraction of sp³-hybridized carbons (Fsp3) is 0.0417. The maximum atomic E-state index is 9.54. The van der Waals surface area contributed by atoms with Gasteiger partial charge in [-0.3, -0.25) is 0 Å². The Hall–Kier alpha value is -5.98. The Balaban J connectivity index is 1.23. The lowest BCUT2D eigenvalue weighted by atomic mass is 9.73. The quantitative estimate of drug-likeness (QED) is 0.138. The van der Waals surface area contributed by atoms with Gasteiger partial charge in [-0.05, 0) is 112 Å². The topological polar surface area (TPSA) is 0 Å². The Bertz CT molecular complexity index is 2930. The normalized spacial score (nSPS) is 16.4. The lowest BCUT2D eigenvalue weighted by molar-refractivity contribution is 0.714. The third-order valence-corrected chi connectivity index (χ3v) is 10.6. The fourth-order valence-electron chi connectivity index (χ4n) is 8.21. The second-order valence-electron chi connectivity index (χ2n) is 13.1. The molecule has 0 amide bonds. The molecule has 0 bridgehead atoms. The van der Waals surface area contributed by atoms with Gasteiger partial charge in [0.1, 0.15) is 0 Å². The van der Waals surface area contributed by atoms with E-state index in [0.717, 1.165) is 54.6 Å². The van der Waals surface area contributed by atoms with Crippen molar-refractivity contribution in [1.82, 2.24) is 0 Å². The Morgan fingerprint density at radius 3 is 1.77 bits per heavy atom. The molecule has 0 saturated heterocycles. The average molecular weight is 613 g/mol. The van der Waals surface area contributed by atoms with Crippen molar-refractivity contribution in [3.63, 3.8) is 0 Å². The molecular weight excluding hydrogens is 577 g/mol. The summed E-state index contributed by atoms with van der Waals surface area (Å²) in [4.78, 5) is 0. The van der Waals surface area contributed by atoms with E-state index in [-0.39, 0.29) is 24.2 Å². The molecule has 0 nitrogen and oxygen atoms in total. The van der Waals surface area contributed by atoms with Crippen LogP contribution in [0.5, 0.6) is 0 Å². The maximum Gasteiger partial charge on any atom is 0.0629 e. The summed E-state index contributed by atoms with van der Waals surface area (Å²) >= 11 is 0. The monoisotopic (exact) mass is 612 g/mol. The largest absolute Gasteiger partial charge is 0.0629 e. The molecule has 0 radical (unpaired) electrons. The summed E-state index contributed by atoms with van der Waals surface area (Å²) in [7, 11) is 0. The van der Waals surface area contributed by atoms with Crippen LogP contribution in [0.15, 0.2) is 176 Å². The van der Waals surface area contributed by atoms with Gasteiger partial charge in [0.15, 0.2) is 0 Å². The Kier molecular flexibility index (Phi) is 4.99. The van der Waals surface area contributed by atoms with Crippen LogP contribution < -0.4 is 0 Å². The summed E-state index contributed by atoms with van der Waals surface area (Å²) in [6.45, 7) is 2.26. The molecule has 10 rings (SSSR count). The van der Waals surface area contributed by atoms with E-state index < -0.39 is 5.41 Å². The van der Waals surface area contributed by atoms with Crippen molar-refractivity contribution in [2.45, 2.75) is 12.3 Å². The Morgan fingerprint density at radius 1 is 0.396 bits per heavy atom. The highest BCUT2D eigenvalue weighted by molar-refractivity contribution is 6.20. The summed E-state index contributed by atoms with van der Waals surface area (Å²) in [5, 5.41) is 8.40. The second-order valence-corrected chi connectivity index (χ2v) is 13.1. The maximum absolute atomic E-state index is 9.54. The minimum absolute atomic E-state index is 0.0394. The standard InChI is InChI=1S/C48H32/c1-48(37-14-3-2-4-15-37)44-28-25-33-12-6-9-17-39(33)47(44)42-27-24-35(30-45(42)48)31-19-21-34(22-20-31)46-40-18-10-7-13-36(40)29-43-38-16-8-5-11-32(38)23-26-41(43)46/h2-30H,1H3/i19D,20D,21D,22D. The number of fused-ring (bicyclic) bond motifs is 9. The van der Waals surface area contributed by atoms with Gasteiger partial charge < -0.3 is 0 Å². The molecule has 0 aliphatic heterocycles. The second kappa shape index (κ2) is 10.3. The van der Waals surface area contributed by atoms with Crippen LogP contribution in [0.2, 0.25) is 0 Å². The molecule has 1 aliphatic carbocycles. The van der Waals surface area contributed by atoms with Crippen LogP contribution in [0.4, 0.5) is 0 Å². The van der Waals surface area contributed by atoms with Crippen molar-refractivity contribution in [2.24, 2.45) is 0 Å². The van der Waals surface area contributed by atoms with Crippen LogP contribution in [0.25, 0.3) is 76.5 Å². The van der Waals surface area contributed by atoms with Gasteiger partial charge in [-0.1, -0.05) is 164 Å². The Labute approximate surface area is 286 Å². The highest BCUT2D eigenvalue weighted by Crippen LogP contribution is 2.55. The first-order chi connectivity index (χ1) is 25.4. The molecule has 9 aromatic carbocycles. The van der Waals surface area contributed by atoms with E-state index in [1.807, 2.05) is 42.5 Å².